The molecule has 0 saturated heterocycles. The summed E-state index contributed by atoms with van der Waals surface area (Å²) in [5.74, 6) is -0.842. The first-order valence-electron chi connectivity index (χ1n) is 10.6. The van der Waals surface area contributed by atoms with E-state index in [2.05, 4.69) is 20.9 Å². The van der Waals surface area contributed by atoms with Gasteiger partial charge in [0.1, 0.15) is 5.69 Å². The Labute approximate surface area is 191 Å². The highest BCUT2D eigenvalue weighted by molar-refractivity contribution is 5.98. The van der Waals surface area contributed by atoms with Crippen LogP contribution in [-0.4, -0.2) is 26.6 Å². The zero-order valence-electron chi connectivity index (χ0n) is 18.1. The third-order valence-corrected chi connectivity index (χ3v) is 5.04. The Morgan fingerprint density at radius 3 is 2.45 bits per heavy atom. The Morgan fingerprint density at radius 1 is 0.970 bits per heavy atom. The van der Waals surface area contributed by atoms with Crippen LogP contribution < -0.4 is 10.9 Å². The lowest BCUT2D eigenvalue weighted by atomic mass is 10.1. The fourth-order valence-corrected chi connectivity index (χ4v) is 3.24. The highest BCUT2D eigenvalue weighted by atomic mass is 16.2. The van der Waals surface area contributed by atoms with Crippen molar-refractivity contribution in [2.24, 2.45) is 0 Å². The molecule has 2 amide bonds. The molecule has 0 saturated carbocycles. The molecule has 2 aromatic heterocycles. The number of nitrogens with zero attached hydrogens (tertiary/aromatic N) is 3. The van der Waals surface area contributed by atoms with Gasteiger partial charge in [-0.1, -0.05) is 37.3 Å². The molecule has 0 bridgehead atoms. The van der Waals surface area contributed by atoms with Gasteiger partial charge in [-0.15, -0.1) is 0 Å². The maximum Gasteiger partial charge on any atom is 0.269 e. The molecule has 0 aliphatic carbocycles. The first-order valence-corrected chi connectivity index (χ1v) is 10.6. The van der Waals surface area contributed by atoms with Crippen LogP contribution in [-0.2, 0) is 11.2 Å². The van der Waals surface area contributed by atoms with Crippen LogP contribution in [0.15, 0.2) is 91.4 Å². The third kappa shape index (κ3) is 5.40. The number of rotatable bonds is 6. The number of aryl methyl sites for hydroxylation is 1. The maximum absolute atomic E-state index is 12.3. The average molecular weight is 438 g/mol. The molecule has 4 rings (SSSR count). The van der Waals surface area contributed by atoms with Crippen molar-refractivity contribution in [3.05, 3.63) is 108 Å². The predicted octanol–water partition coefficient (Wildman–Crippen LogP) is 3.97. The number of carbonyl (C=O) groups excluding carboxylic acids is 2. The van der Waals surface area contributed by atoms with Crippen LogP contribution in [0.5, 0.6) is 0 Å². The number of hydrogen-bond acceptors (Lipinski definition) is 4. The van der Waals surface area contributed by atoms with E-state index in [4.69, 9.17) is 0 Å². The Kier molecular flexibility index (Phi) is 6.70. The largest absolute Gasteiger partial charge is 0.269 e. The zero-order valence-corrected chi connectivity index (χ0v) is 18.1. The van der Waals surface area contributed by atoms with Crippen molar-refractivity contribution in [3.63, 3.8) is 0 Å². The Morgan fingerprint density at radius 2 is 1.76 bits per heavy atom. The molecule has 0 atom stereocenters. The lowest BCUT2D eigenvalue weighted by Crippen LogP contribution is -2.40. The third-order valence-electron chi connectivity index (χ3n) is 5.04. The summed E-state index contributed by atoms with van der Waals surface area (Å²) in [7, 11) is 0. The summed E-state index contributed by atoms with van der Waals surface area (Å²) in [6.07, 6.45) is 9.16. The summed E-state index contributed by atoms with van der Waals surface area (Å²) >= 11 is 0. The van der Waals surface area contributed by atoms with E-state index in [1.165, 1.54) is 6.08 Å². The molecule has 0 radical (unpaired) electrons. The van der Waals surface area contributed by atoms with Crippen molar-refractivity contribution in [3.8, 4) is 16.9 Å². The van der Waals surface area contributed by atoms with E-state index in [0.717, 1.165) is 28.8 Å². The average Bonchev–Trinajstić information content (AvgIpc) is 3.31. The number of amides is 2. The molecule has 2 heterocycles. The van der Waals surface area contributed by atoms with Gasteiger partial charge < -0.3 is 0 Å². The first-order chi connectivity index (χ1) is 16.1. The molecule has 164 valence electrons. The van der Waals surface area contributed by atoms with E-state index in [9.17, 15) is 9.59 Å². The molecular formula is C26H23N5O2. The van der Waals surface area contributed by atoms with Crippen molar-refractivity contribution in [2.45, 2.75) is 13.3 Å². The van der Waals surface area contributed by atoms with Gasteiger partial charge in [0.2, 0.25) is 0 Å². The van der Waals surface area contributed by atoms with Crippen molar-refractivity contribution in [2.75, 3.05) is 0 Å². The van der Waals surface area contributed by atoms with Crippen molar-refractivity contribution >= 4 is 17.9 Å². The first kappa shape index (κ1) is 21.7. The molecule has 0 aliphatic heterocycles. The van der Waals surface area contributed by atoms with Gasteiger partial charge in [0.25, 0.3) is 11.8 Å². The molecule has 0 fully saturated rings. The number of nitrogens with one attached hydrogen (secondary N) is 2. The van der Waals surface area contributed by atoms with Crippen LogP contribution in [0, 0.1) is 0 Å². The van der Waals surface area contributed by atoms with Gasteiger partial charge in [-0.05, 0) is 54.5 Å². The molecule has 7 heteroatoms. The smallest absolute Gasteiger partial charge is 0.268 e. The maximum atomic E-state index is 12.3. The zero-order chi connectivity index (χ0) is 23.0. The molecule has 0 spiro atoms. The minimum Gasteiger partial charge on any atom is -0.268 e. The van der Waals surface area contributed by atoms with Crippen LogP contribution in [0.4, 0.5) is 0 Å². The molecule has 0 unspecified atom stereocenters. The van der Waals surface area contributed by atoms with Crippen LogP contribution >= 0.6 is 0 Å². The molecule has 4 aromatic rings. The molecule has 2 N–H and O–H groups in total. The number of hydrazine groups is 1. The van der Waals surface area contributed by atoms with E-state index in [0.29, 0.717) is 11.3 Å². The van der Waals surface area contributed by atoms with E-state index in [1.807, 2.05) is 67.7 Å². The second-order valence-corrected chi connectivity index (χ2v) is 7.28. The number of benzene rings is 2. The summed E-state index contributed by atoms with van der Waals surface area (Å²) in [5, 5.41) is 4.68. The molecule has 33 heavy (non-hydrogen) atoms. The van der Waals surface area contributed by atoms with Crippen LogP contribution in [0.3, 0.4) is 0 Å². The van der Waals surface area contributed by atoms with Crippen LogP contribution in [0.2, 0.25) is 0 Å². The highest BCUT2D eigenvalue weighted by Gasteiger charge is 2.11. The quantitative estimate of drug-likeness (QED) is 0.353. The lowest BCUT2D eigenvalue weighted by Gasteiger charge is -2.06. The predicted molar refractivity (Wildman–Crippen MR) is 127 cm³/mol. The molecule has 0 aliphatic rings. The van der Waals surface area contributed by atoms with E-state index in [-0.39, 0.29) is 5.91 Å². The second-order valence-electron chi connectivity index (χ2n) is 7.28. The highest BCUT2D eigenvalue weighted by Crippen LogP contribution is 2.24. The summed E-state index contributed by atoms with van der Waals surface area (Å²) < 4.78 is 1.75. The van der Waals surface area contributed by atoms with E-state index in [1.54, 1.807) is 35.3 Å². The van der Waals surface area contributed by atoms with Crippen LogP contribution in [0.25, 0.3) is 23.0 Å². The Hall–Kier alpha value is -4.52. The number of aromatic nitrogens is 3. The van der Waals surface area contributed by atoms with Gasteiger partial charge in [-0.25, -0.2) is 4.68 Å². The van der Waals surface area contributed by atoms with Gasteiger partial charge in [0, 0.05) is 41.4 Å². The fourth-order valence-electron chi connectivity index (χ4n) is 3.24. The topological polar surface area (TPSA) is 88.9 Å². The summed E-state index contributed by atoms with van der Waals surface area (Å²) in [4.78, 5) is 28.7. The number of hydrogen-bond donors (Lipinski definition) is 2. The Balaban J connectivity index is 1.48. The minimum absolute atomic E-state index is 0.382. The van der Waals surface area contributed by atoms with Gasteiger partial charge in [-0.3, -0.25) is 25.4 Å². The SMILES string of the molecule is CCc1ccc(C(=O)NNC(=O)/C=C/c2cn(-c3ccccc3)nc2-c2cccnc2)cc1. The number of pyridine rings is 1. The summed E-state index contributed by atoms with van der Waals surface area (Å²) in [5.41, 5.74) is 9.61. The second kappa shape index (κ2) is 10.2. The van der Waals surface area contributed by atoms with Crippen molar-refractivity contribution < 1.29 is 9.59 Å². The van der Waals surface area contributed by atoms with Crippen LogP contribution in [0.1, 0.15) is 28.4 Å². The summed E-state index contributed by atoms with van der Waals surface area (Å²) in [6.45, 7) is 2.05. The van der Waals surface area contributed by atoms with Gasteiger partial charge in [-0.2, -0.15) is 5.10 Å². The number of para-hydroxylation sites is 1. The summed E-state index contributed by atoms with van der Waals surface area (Å²) in [6, 6.07) is 20.7. The van der Waals surface area contributed by atoms with E-state index >= 15 is 0 Å². The van der Waals surface area contributed by atoms with Crippen molar-refractivity contribution in [1.29, 1.82) is 0 Å². The standard InChI is InChI=1S/C26H23N5O2/c1-2-19-10-12-20(13-11-19)26(33)29-28-24(32)15-14-22-18-31(23-8-4-3-5-9-23)30-25(22)21-7-6-16-27-17-21/h3-18H,2H2,1H3,(H,28,32)(H,29,33)/b15-14+. The van der Waals surface area contributed by atoms with E-state index < -0.39 is 5.91 Å². The molecule has 7 nitrogen and oxygen atoms in total. The Bertz CT molecular complexity index is 1260. The fraction of sp³-hybridized carbons (Fsp3) is 0.0769. The number of carbonyl (C=O) groups is 2. The normalized spacial score (nSPS) is 10.8. The van der Waals surface area contributed by atoms with Gasteiger partial charge in [0.15, 0.2) is 0 Å². The molecular weight excluding hydrogens is 414 g/mol. The lowest BCUT2D eigenvalue weighted by molar-refractivity contribution is -0.117. The van der Waals surface area contributed by atoms with Gasteiger partial charge >= 0.3 is 0 Å². The molecule has 2 aromatic carbocycles. The minimum atomic E-state index is -0.460. The van der Waals surface area contributed by atoms with Gasteiger partial charge in [0.05, 0.1) is 5.69 Å². The van der Waals surface area contributed by atoms with Crippen molar-refractivity contribution in [1.82, 2.24) is 25.6 Å². The monoisotopic (exact) mass is 437 g/mol.